The topological polar surface area (TPSA) is 87.8 Å². The number of nitrogens with zero attached hydrogens (tertiary/aromatic N) is 3. The quantitative estimate of drug-likeness (QED) is 0.867. The number of amides is 1. The third kappa shape index (κ3) is 3.02. The first-order chi connectivity index (χ1) is 12.7. The van der Waals surface area contributed by atoms with Crippen LogP contribution in [0.4, 0.5) is 0 Å². The Morgan fingerprint density at radius 1 is 1.31 bits per heavy atom. The molecule has 26 heavy (non-hydrogen) atoms. The lowest BCUT2D eigenvalue weighted by Gasteiger charge is -2.28. The van der Waals surface area contributed by atoms with Crippen LogP contribution in [-0.4, -0.2) is 44.0 Å². The molecule has 4 rings (SSSR count). The zero-order valence-corrected chi connectivity index (χ0v) is 14.1. The molecule has 1 atom stereocenters. The van der Waals surface area contributed by atoms with E-state index in [9.17, 15) is 9.90 Å². The summed E-state index contributed by atoms with van der Waals surface area (Å²) in [6.45, 7) is 1.09. The highest BCUT2D eigenvalue weighted by atomic mass is 16.5. The Kier molecular flexibility index (Phi) is 4.32. The molecule has 0 saturated carbocycles. The molecule has 1 amide bonds. The average Bonchev–Trinajstić information content (AvgIpc) is 2.98. The minimum Gasteiger partial charge on any atom is -0.464 e. The van der Waals surface area contributed by atoms with Crippen LogP contribution in [-0.2, 0) is 17.9 Å². The number of para-hydroxylation sites is 1. The number of carbonyl (C=O) groups excluding carboxylic acids is 1. The Hall–Kier alpha value is -2.90. The number of aliphatic hydroxyl groups is 2. The van der Waals surface area contributed by atoms with Gasteiger partial charge in [-0.1, -0.05) is 18.2 Å². The largest absolute Gasteiger partial charge is 0.464 e. The minimum absolute atomic E-state index is 0.0849. The molecule has 134 valence electrons. The Morgan fingerprint density at radius 3 is 3.00 bits per heavy atom. The van der Waals surface area contributed by atoms with Crippen molar-refractivity contribution in [1.29, 1.82) is 0 Å². The highest BCUT2D eigenvalue weighted by Gasteiger charge is 2.25. The van der Waals surface area contributed by atoms with Gasteiger partial charge in [0.1, 0.15) is 11.9 Å². The molecule has 0 radical (unpaired) electrons. The van der Waals surface area contributed by atoms with Crippen LogP contribution < -0.4 is 4.74 Å². The van der Waals surface area contributed by atoms with Crippen molar-refractivity contribution in [3.63, 3.8) is 0 Å². The van der Waals surface area contributed by atoms with Crippen molar-refractivity contribution in [2.45, 2.75) is 19.2 Å². The Labute approximate surface area is 150 Å². The monoisotopic (exact) mass is 353 g/mol. The van der Waals surface area contributed by atoms with E-state index < -0.39 is 6.10 Å². The summed E-state index contributed by atoms with van der Waals surface area (Å²) in [6.07, 6.45) is 4.03. The zero-order valence-electron chi connectivity index (χ0n) is 14.1. The van der Waals surface area contributed by atoms with E-state index in [0.29, 0.717) is 36.7 Å². The van der Waals surface area contributed by atoms with Crippen LogP contribution in [0.15, 0.2) is 48.2 Å². The van der Waals surface area contributed by atoms with Crippen LogP contribution in [0.3, 0.4) is 0 Å². The van der Waals surface area contributed by atoms with Gasteiger partial charge >= 0.3 is 0 Å². The van der Waals surface area contributed by atoms with E-state index in [4.69, 9.17) is 9.84 Å². The van der Waals surface area contributed by atoms with Crippen LogP contribution in [0.25, 0.3) is 6.08 Å². The summed E-state index contributed by atoms with van der Waals surface area (Å²) in [5.41, 5.74) is 2.67. The molecule has 2 aromatic rings. The van der Waals surface area contributed by atoms with Crippen molar-refractivity contribution in [3.05, 3.63) is 65.2 Å². The lowest BCUT2D eigenvalue weighted by atomic mass is 10.1. The number of aromatic nitrogens is 2. The van der Waals surface area contributed by atoms with E-state index >= 15 is 0 Å². The number of hydrogen-bond acceptors (Lipinski definition) is 5. The highest BCUT2D eigenvalue weighted by molar-refractivity contribution is 6.01. The fourth-order valence-corrected chi connectivity index (χ4v) is 3.14. The van der Waals surface area contributed by atoms with E-state index in [1.54, 1.807) is 21.7 Å². The first-order valence-electron chi connectivity index (χ1n) is 8.44. The molecule has 0 fully saturated rings. The van der Waals surface area contributed by atoms with E-state index in [0.717, 1.165) is 11.3 Å². The summed E-state index contributed by atoms with van der Waals surface area (Å²) in [4.78, 5) is 14.7. The second-order valence-electron chi connectivity index (χ2n) is 6.27. The van der Waals surface area contributed by atoms with Crippen molar-refractivity contribution in [2.24, 2.45) is 0 Å². The van der Waals surface area contributed by atoms with Crippen molar-refractivity contribution < 1.29 is 19.7 Å². The Bertz CT molecular complexity index is 900. The van der Waals surface area contributed by atoms with Gasteiger partial charge in [-0.3, -0.25) is 9.48 Å². The number of benzene rings is 1. The number of ether oxygens (including phenoxy) is 1. The maximum Gasteiger partial charge on any atom is 0.254 e. The van der Waals surface area contributed by atoms with Crippen LogP contribution in [0.2, 0.25) is 0 Å². The van der Waals surface area contributed by atoms with E-state index in [1.165, 1.54) is 6.26 Å². The van der Waals surface area contributed by atoms with Crippen LogP contribution >= 0.6 is 0 Å². The molecule has 2 N–H and O–H groups in total. The van der Waals surface area contributed by atoms with Gasteiger partial charge in [-0.2, -0.15) is 5.10 Å². The molecule has 0 bridgehead atoms. The van der Waals surface area contributed by atoms with E-state index in [1.807, 2.05) is 30.3 Å². The van der Waals surface area contributed by atoms with Gasteiger partial charge in [0.25, 0.3) is 5.91 Å². The molecule has 7 nitrogen and oxygen atoms in total. The molecular formula is C19H19N3O4. The van der Waals surface area contributed by atoms with Gasteiger partial charge in [0.15, 0.2) is 0 Å². The fourth-order valence-electron chi connectivity index (χ4n) is 3.14. The van der Waals surface area contributed by atoms with E-state index in [2.05, 4.69) is 5.10 Å². The van der Waals surface area contributed by atoms with Crippen LogP contribution in [0.1, 0.15) is 23.1 Å². The summed E-state index contributed by atoms with van der Waals surface area (Å²) in [6, 6.07) is 9.29. The summed E-state index contributed by atoms with van der Waals surface area (Å²) in [7, 11) is 0. The minimum atomic E-state index is -1.00. The first-order valence-corrected chi connectivity index (χ1v) is 8.44. The van der Waals surface area contributed by atoms with Crippen molar-refractivity contribution in [1.82, 2.24) is 14.7 Å². The summed E-state index contributed by atoms with van der Waals surface area (Å²) >= 11 is 0. The molecule has 0 aliphatic carbocycles. The molecule has 3 heterocycles. The number of carbonyl (C=O) groups is 1. The second kappa shape index (κ2) is 6.78. The normalized spacial score (nSPS) is 16.8. The maximum atomic E-state index is 13.0. The number of aliphatic hydroxyl groups excluding tert-OH is 2. The molecule has 0 saturated heterocycles. The smallest absolute Gasteiger partial charge is 0.254 e. The van der Waals surface area contributed by atoms with Gasteiger partial charge in [-0.25, -0.2) is 0 Å². The van der Waals surface area contributed by atoms with Crippen LogP contribution in [0, 0.1) is 0 Å². The number of rotatable bonds is 3. The van der Waals surface area contributed by atoms with Crippen LogP contribution in [0.5, 0.6) is 5.75 Å². The van der Waals surface area contributed by atoms with Gasteiger partial charge in [0.2, 0.25) is 0 Å². The lowest BCUT2D eigenvalue weighted by Crippen LogP contribution is -2.38. The molecule has 1 aromatic carbocycles. The fraction of sp³-hybridized carbons (Fsp3) is 0.263. The van der Waals surface area contributed by atoms with Gasteiger partial charge in [-0.15, -0.1) is 0 Å². The van der Waals surface area contributed by atoms with Crippen molar-refractivity contribution in [3.8, 4) is 5.75 Å². The molecule has 0 unspecified atom stereocenters. The highest BCUT2D eigenvalue weighted by Crippen LogP contribution is 2.26. The molecule has 1 aromatic heterocycles. The molecule has 0 spiro atoms. The van der Waals surface area contributed by atoms with Gasteiger partial charge in [0.05, 0.1) is 37.3 Å². The Balaban J connectivity index is 1.56. The van der Waals surface area contributed by atoms with Crippen molar-refractivity contribution >= 4 is 12.0 Å². The van der Waals surface area contributed by atoms with Gasteiger partial charge in [-0.05, 0) is 24.3 Å². The van der Waals surface area contributed by atoms with Crippen molar-refractivity contribution in [2.75, 3.05) is 13.2 Å². The first kappa shape index (κ1) is 16.6. The SMILES string of the molecule is O=C(C1=Cc2ccccc2OC=C1)N1CCn2nc([C@@H](O)CO)cc2C1. The standard InChI is InChI=1S/C19H19N3O4/c23-12-17(24)16-10-15-11-21(6-7-22(15)20-16)19(25)14-5-8-26-18-4-2-1-3-13(18)9-14/h1-5,8-10,17,23-24H,6-7,11-12H2/t17-/m0/s1. The molecule has 2 aliphatic heterocycles. The number of hydrogen-bond donors (Lipinski definition) is 2. The lowest BCUT2D eigenvalue weighted by molar-refractivity contribution is -0.128. The molecular weight excluding hydrogens is 334 g/mol. The van der Waals surface area contributed by atoms with Gasteiger partial charge in [0, 0.05) is 17.7 Å². The third-order valence-corrected chi connectivity index (χ3v) is 4.54. The zero-order chi connectivity index (χ0) is 18.1. The molecule has 7 heteroatoms. The van der Waals surface area contributed by atoms with E-state index in [-0.39, 0.29) is 12.5 Å². The molecule has 2 aliphatic rings. The number of fused-ring (bicyclic) bond motifs is 2. The maximum absolute atomic E-state index is 13.0. The Morgan fingerprint density at radius 2 is 2.15 bits per heavy atom. The van der Waals surface area contributed by atoms with Gasteiger partial charge < -0.3 is 19.8 Å². The summed E-state index contributed by atoms with van der Waals surface area (Å²) in [5, 5.41) is 23.1. The second-order valence-corrected chi connectivity index (χ2v) is 6.27. The summed E-state index contributed by atoms with van der Waals surface area (Å²) < 4.78 is 7.32. The third-order valence-electron chi connectivity index (χ3n) is 4.54. The predicted molar refractivity (Wildman–Crippen MR) is 93.9 cm³/mol. The predicted octanol–water partition coefficient (Wildman–Crippen LogP) is 1.24. The summed E-state index contributed by atoms with van der Waals surface area (Å²) in [5.74, 6) is 0.629. The average molecular weight is 353 g/mol.